The lowest BCUT2D eigenvalue weighted by Gasteiger charge is -2.15. The Kier molecular flexibility index (Phi) is 5.04. The maximum Gasteiger partial charge on any atom is 0.122 e. The molecule has 0 amide bonds. The molecule has 0 saturated carbocycles. The lowest BCUT2D eigenvalue weighted by atomic mass is 10.0. The first kappa shape index (κ1) is 14.9. The zero-order valence-corrected chi connectivity index (χ0v) is 12.5. The van der Waals surface area contributed by atoms with Crippen LogP contribution in [-0.2, 0) is 13.0 Å². The molecule has 4 nitrogen and oxygen atoms in total. The van der Waals surface area contributed by atoms with Crippen molar-refractivity contribution in [2.75, 3.05) is 7.11 Å². The van der Waals surface area contributed by atoms with Gasteiger partial charge in [-0.15, -0.1) is 0 Å². The first-order valence-electron chi connectivity index (χ1n) is 6.68. The van der Waals surface area contributed by atoms with E-state index in [1.165, 1.54) is 0 Å². The summed E-state index contributed by atoms with van der Waals surface area (Å²) in [6.45, 7) is 2.80. The molecule has 1 aromatic carbocycles. The van der Waals surface area contributed by atoms with Crippen molar-refractivity contribution in [2.24, 2.45) is 0 Å². The molecular formula is C15H19ClN2O2. The summed E-state index contributed by atoms with van der Waals surface area (Å²) in [5.74, 6) is 0.768. The largest absolute Gasteiger partial charge is 0.496 e. The van der Waals surface area contributed by atoms with Crippen molar-refractivity contribution in [3.63, 3.8) is 0 Å². The predicted molar refractivity (Wildman–Crippen MR) is 79.2 cm³/mol. The van der Waals surface area contributed by atoms with Crippen LogP contribution in [0, 0.1) is 0 Å². The normalized spacial score (nSPS) is 12.4. The highest BCUT2D eigenvalue weighted by molar-refractivity contribution is 6.31. The van der Waals surface area contributed by atoms with Gasteiger partial charge in [0.05, 0.1) is 24.0 Å². The van der Waals surface area contributed by atoms with E-state index in [1.54, 1.807) is 18.0 Å². The van der Waals surface area contributed by atoms with Crippen LogP contribution in [0.15, 0.2) is 30.5 Å². The third-order valence-corrected chi connectivity index (χ3v) is 3.48. The standard InChI is InChI=1S/C15H19ClN2O2/c1-3-8-18-15(12(16)10-17-18)13(19)9-11-6-4-5-7-14(11)20-2/h4-7,10,13,19H,3,8-9H2,1-2H3. The van der Waals surface area contributed by atoms with Crippen LogP contribution in [0.4, 0.5) is 0 Å². The van der Waals surface area contributed by atoms with Crippen molar-refractivity contribution in [1.29, 1.82) is 0 Å². The first-order valence-corrected chi connectivity index (χ1v) is 7.06. The fourth-order valence-corrected chi connectivity index (χ4v) is 2.54. The van der Waals surface area contributed by atoms with Gasteiger partial charge in [0.1, 0.15) is 11.9 Å². The molecule has 0 radical (unpaired) electrons. The van der Waals surface area contributed by atoms with Crippen LogP contribution in [0.2, 0.25) is 5.02 Å². The smallest absolute Gasteiger partial charge is 0.122 e. The summed E-state index contributed by atoms with van der Waals surface area (Å²) >= 11 is 6.14. The lowest BCUT2D eigenvalue weighted by molar-refractivity contribution is 0.165. The Balaban J connectivity index is 2.23. The van der Waals surface area contributed by atoms with Crippen LogP contribution in [-0.4, -0.2) is 22.0 Å². The van der Waals surface area contributed by atoms with Crippen molar-refractivity contribution < 1.29 is 9.84 Å². The van der Waals surface area contributed by atoms with E-state index in [1.807, 2.05) is 24.3 Å². The highest BCUT2D eigenvalue weighted by Gasteiger charge is 2.19. The molecule has 108 valence electrons. The van der Waals surface area contributed by atoms with E-state index in [9.17, 15) is 5.11 Å². The van der Waals surface area contributed by atoms with Gasteiger partial charge in [-0.2, -0.15) is 5.10 Å². The van der Waals surface area contributed by atoms with Crippen LogP contribution in [0.25, 0.3) is 0 Å². The van der Waals surface area contributed by atoms with Crippen LogP contribution in [0.3, 0.4) is 0 Å². The number of aromatic nitrogens is 2. The summed E-state index contributed by atoms with van der Waals surface area (Å²) in [7, 11) is 1.62. The monoisotopic (exact) mass is 294 g/mol. The second-order valence-corrected chi connectivity index (χ2v) is 5.04. The molecule has 1 atom stereocenters. The number of halogens is 1. The second kappa shape index (κ2) is 6.77. The van der Waals surface area contributed by atoms with Gasteiger partial charge in [-0.1, -0.05) is 36.7 Å². The van der Waals surface area contributed by atoms with Gasteiger partial charge in [-0.3, -0.25) is 4.68 Å². The van der Waals surface area contributed by atoms with E-state index in [0.29, 0.717) is 17.1 Å². The fourth-order valence-electron chi connectivity index (χ4n) is 2.27. The van der Waals surface area contributed by atoms with E-state index in [0.717, 1.165) is 24.3 Å². The van der Waals surface area contributed by atoms with Crippen molar-refractivity contribution >= 4 is 11.6 Å². The summed E-state index contributed by atoms with van der Waals surface area (Å²) in [5.41, 5.74) is 1.61. The van der Waals surface area contributed by atoms with Gasteiger partial charge in [0, 0.05) is 13.0 Å². The maximum absolute atomic E-state index is 10.5. The van der Waals surface area contributed by atoms with Crippen molar-refractivity contribution in [3.8, 4) is 5.75 Å². The molecule has 2 rings (SSSR count). The molecule has 0 fully saturated rings. The van der Waals surface area contributed by atoms with E-state index in [4.69, 9.17) is 16.3 Å². The molecule has 0 aliphatic heterocycles. The number of aryl methyl sites for hydroxylation is 1. The Labute approximate surface area is 123 Å². The Morgan fingerprint density at radius 1 is 1.40 bits per heavy atom. The lowest BCUT2D eigenvalue weighted by Crippen LogP contribution is -2.12. The van der Waals surface area contributed by atoms with Crippen molar-refractivity contribution in [3.05, 3.63) is 46.7 Å². The molecule has 5 heteroatoms. The zero-order valence-electron chi connectivity index (χ0n) is 11.7. The Hall–Kier alpha value is -1.52. The molecule has 0 bridgehead atoms. The number of hydrogen-bond acceptors (Lipinski definition) is 3. The fraction of sp³-hybridized carbons (Fsp3) is 0.400. The zero-order chi connectivity index (χ0) is 14.5. The van der Waals surface area contributed by atoms with Crippen LogP contribution in [0.1, 0.15) is 30.7 Å². The molecular weight excluding hydrogens is 276 g/mol. The number of rotatable bonds is 6. The van der Waals surface area contributed by atoms with Crippen LogP contribution < -0.4 is 4.74 Å². The van der Waals surface area contributed by atoms with Crippen molar-refractivity contribution in [1.82, 2.24) is 9.78 Å². The minimum Gasteiger partial charge on any atom is -0.496 e. The molecule has 0 aliphatic carbocycles. The summed E-state index contributed by atoms with van der Waals surface area (Å²) in [6.07, 6.45) is 2.26. The number of aliphatic hydroxyl groups excluding tert-OH is 1. The average Bonchev–Trinajstić information content (AvgIpc) is 2.81. The topological polar surface area (TPSA) is 47.3 Å². The molecule has 20 heavy (non-hydrogen) atoms. The third-order valence-electron chi connectivity index (χ3n) is 3.19. The Morgan fingerprint density at radius 2 is 2.15 bits per heavy atom. The van der Waals surface area contributed by atoms with Gasteiger partial charge in [0.2, 0.25) is 0 Å². The van der Waals surface area contributed by atoms with Gasteiger partial charge in [-0.25, -0.2) is 0 Å². The first-order chi connectivity index (χ1) is 9.67. The van der Waals surface area contributed by atoms with Crippen LogP contribution >= 0.6 is 11.6 Å². The molecule has 1 N–H and O–H groups in total. The number of para-hydroxylation sites is 1. The number of ether oxygens (including phenoxy) is 1. The van der Waals surface area contributed by atoms with E-state index < -0.39 is 6.10 Å². The van der Waals surface area contributed by atoms with E-state index >= 15 is 0 Å². The Morgan fingerprint density at radius 3 is 2.85 bits per heavy atom. The third kappa shape index (κ3) is 3.14. The molecule has 1 aromatic heterocycles. The SMILES string of the molecule is CCCn1ncc(Cl)c1C(O)Cc1ccccc1OC. The highest BCUT2D eigenvalue weighted by atomic mass is 35.5. The number of nitrogens with zero attached hydrogens (tertiary/aromatic N) is 2. The molecule has 0 saturated heterocycles. The molecule has 2 aromatic rings. The van der Waals surface area contributed by atoms with E-state index in [-0.39, 0.29) is 0 Å². The van der Waals surface area contributed by atoms with Gasteiger partial charge in [-0.05, 0) is 18.1 Å². The summed E-state index contributed by atoms with van der Waals surface area (Å²) < 4.78 is 7.07. The molecule has 1 unspecified atom stereocenters. The van der Waals surface area contributed by atoms with Crippen LogP contribution in [0.5, 0.6) is 5.75 Å². The Bertz CT molecular complexity index is 569. The molecule has 1 heterocycles. The maximum atomic E-state index is 10.5. The van der Waals surface area contributed by atoms with Gasteiger partial charge in [0.15, 0.2) is 0 Å². The van der Waals surface area contributed by atoms with E-state index in [2.05, 4.69) is 12.0 Å². The quantitative estimate of drug-likeness (QED) is 0.890. The van der Waals surface area contributed by atoms with Crippen molar-refractivity contribution in [2.45, 2.75) is 32.4 Å². The second-order valence-electron chi connectivity index (χ2n) is 4.63. The number of benzene rings is 1. The number of hydrogen-bond donors (Lipinski definition) is 1. The highest BCUT2D eigenvalue weighted by Crippen LogP contribution is 2.28. The summed E-state index contributed by atoms with van der Waals surface area (Å²) in [6, 6.07) is 7.65. The van der Waals surface area contributed by atoms with Gasteiger partial charge >= 0.3 is 0 Å². The number of aliphatic hydroxyl groups is 1. The summed E-state index contributed by atoms with van der Waals surface area (Å²) in [5, 5.41) is 15.2. The van der Waals surface area contributed by atoms with Gasteiger partial charge < -0.3 is 9.84 Å². The molecule has 0 spiro atoms. The summed E-state index contributed by atoms with van der Waals surface area (Å²) in [4.78, 5) is 0. The van der Waals surface area contributed by atoms with Gasteiger partial charge in [0.25, 0.3) is 0 Å². The predicted octanol–water partition coefficient (Wildman–Crippen LogP) is 3.23. The average molecular weight is 295 g/mol. The number of methoxy groups -OCH3 is 1. The molecule has 0 aliphatic rings. The minimum absolute atomic E-state index is 0.444. The minimum atomic E-state index is -0.701.